The first-order valence-corrected chi connectivity index (χ1v) is 8.99. The summed E-state index contributed by atoms with van der Waals surface area (Å²) in [5.74, 6) is 0.00539. The van der Waals surface area contributed by atoms with Crippen LogP contribution < -0.4 is 24.8 Å². The average molecular weight is 384 g/mol. The van der Waals surface area contributed by atoms with Crippen LogP contribution in [0.2, 0.25) is 0 Å². The topological polar surface area (TPSA) is 106 Å². The summed E-state index contributed by atoms with van der Waals surface area (Å²) in [6.45, 7) is 1.13. The molecule has 4 rings (SSSR count). The van der Waals surface area contributed by atoms with Gasteiger partial charge in [-0.1, -0.05) is 18.2 Å². The van der Waals surface area contributed by atoms with E-state index < -0.39 is 17.4 Å². The Morgan fingerprint density at radius 1 is 0.929 bits per heavy atom. The maximum Gasteiger partial charge on any atom is 0.313 e. The highest BCUT2D eigenvalue weighted by atomic mass is 16.6. The third-order valence-corrected chi connectivity index (χ3v) is 4.71. The van der Waals surface area contributed by atoms with Crippen molar-refractivity contribution in [3.8, 4) is 17.2 Å². The van der Waals surface area contributed by atoms with Crippen LogP contribution in [0.25, 0.3) is 0 Å². The van der Waals surface area contributed by atoms with Gasteiger partial charge in [-0.2, -0.15) is 0 Å². The second-order valence-corrected chi connectivity index (χ2v) is 6.62. The van der Waals surface area contributed by atoms with Gasteiger partial charge in [0.1, 0.15) is 24.6 Å². The van der Waals surface area contributed by atoms with E-state index in [-0.39, 0.29) is 6.54 Å². The van der Waals surface area contributed by atoms with Crippen molar-refractivity contribution in [3.63, 3.8) is 0 Å². The molecule has 2 aliphatic rings. The Balaban J connectivity index is 1.38. The standard InChI is InChI=1S/C20H20N2O6/c23-18(19(24)22-13-5-6-16-17(11-13)28-10-9-27-16)21-12-20(25)7-8-26-15-4-2-1-3-14(15)20/h1-6,11,25H,7-10,12H2,(H,21,23)(H,22,24). The number of anilines is 1. The number of fused-ring (bicyclic) bond motifs is 2. The number of amides is 2. The first-order valence-electron chi connectivity index (χ1n) is 8.99. The molecule has 8 nitrogen and oxygen atoms in total. The fourth-order valence-corrected chi connectivity index (χ4v) is 3.24. The Morgan fingerprint density at radius 2 is 1.68 bits per heavy atom. The maximum atomic E-state index is 12.2. The zero-order valence-corrected chi connectivity index (χ0v) is 15.1. The van der Waals surface area contributed by atoms with Crippen molar-refractivity contribution < 1.29 is 28.9 Å². The number of nitrogens with one attached hydrogen (secondary N) is 2. The van der Waals surface area contributed by atoms with Gasteiger partial charge < -0.3 is 30.0 Å². The number of ether oxygens (including phenoxy) is 3. The summed E-state index contributed by atoms with van der Waals surface area (Å²) >= 11 is 0. The summed E-state index contributed by atoms with van der Waals surface area (Å²) in [6, 6.07) is 12.0. The van der Waals surface area contributed by atoms with Crippen molar-refractivity contribution in [2.75, 3.05) is 31.7 Å². The molecule has 0 aliphatic carbocycles. The molecule has 2 heterocycles. The zero-order valence-electron chi connectivity index (χ0n) is 15.1. The molecule has 28 heavy (non-hydrogen) atoms. The summed E-state index contributed by atoms with van der Waals surface area (Å²) < 4.78 is 16.4. The molecular formula is C20H20N2O6. The maximum absolute atomic E-state index is 12.2. The molecule has 1 atom stereocenters. The van der Waals surface area contributed by atoms with E-state index in [0.717, 1.165) is 0 Å². The molecular weight excluding hydrogens is 364 g/mol. The molecule has 2 aromatic rings. The molecule has 0 aromatic heterocycles. The van der Waals surface area contributed by atoms with Crippen LogP contribution >= 0.6 is 0 Å². The summed E-state index contributed by atoms with van der Waals surface area (Å²) in [4.78, 5) is 24.4. The molecule has 0 saturated carbocycles. The smallest absolute Gasteiger partial charge is 0.313 e. The van der Waals surface area contributed by atoms with E-state index in [2.05, 4.69) is 10.6 Å². The van der Waals surface area contributed by atoms with Gasteiger partial charge in [0.2, 0.25) is 0 Å². The SMILES string of the molecule is O=C(NCC1(O)CCOc2ccccc21)C(=O)Nc1ccc2c(c1)OCCO2. The number of benzene rings is 2. The predicted octanol–water partition coefficient (Wildman–Crippen LogP) is 1.18. The molecule has 3 N–H and O–H groups in total. The number of rotatable bonds is 3. The van der Waals surface area contributed by atoms with Crippen molar-refractivity contribution in [1.82, 2.24) is 5.32 Å². The number of hydrogen-bond acceptors (Lipinski definition) is 6. The van der Waals surface area contributed by atoms with Crippen LogP contribution in [0, 0.1) is 0 Å². The van der Waals surface area contributed by atoms with Crippen molar-refractivity contribution in [2.45, 2.75) is 12.0 Å². The van der Waals surface area contributed by atoms with E-state index in [9.17, 15) is 14.7 Å². The Morgan fingerprint density at radius 3 is 2.54 bits per heavy atom. The van der Waals surface area contributed by atoms with Crippen molar-refractivity contribution in [3.05, 3.63) is 48.0 Å². The van der Waals surface area contributed by atoms with E-state index >= 15 is 0 Å². The van der Waals surface area contributed by atoms with Crippen molar-refractivity contribution >= 4 is 17.5 Å². The highest BCUT2D eigenvalue weighted by Crippen LogP contribution is 2.36. The molecule has 0 bridgehead atoms. The lowest BCUT2D eigenvalue weighted by molar-refractivity contribution is -0.137. The van der Waals surface area contributed by atoms with Gasteiger partial charge in [-0.25, -0.2) is 0 Å². The van der Waals surface area contributed by atoms with E-state index in [0.29, 0.717) is 54.7 Å². The fraction of sp³-hybridized carbons (Fsp3) is 0.300. The molecule has 0 fully saturated rings. The minimum Gasteiger partial charge on any atom is -0.493 e. The first kappa shape index (κ1) is 18.1. The Hall–Kier alpha value is -3.26. The molecule has 1 unspecified atom stereocenters. The van der Waals surface area contributed by atoms with Crippen LogP contribution in [0.5, 0.6) is 17.2 Å². The van der Waals surface area contributed by atoms with Crippen LogP contribution in [0.15, 0.2) is 42.5 Å². The number of carbonyl (C=O) groups is 2. The third kappa shape index (κ3) is 3.59. The molecule has 146 valence electrons. The highest BCUT2D eigenvalue weighted by Gasteiger charge is 2.36. The molecule has 2 amide bonds. The van der Waals surface area contributed by atoms with Gasteiger partial charge in [0.15, 0.2) is 11.5 Å². The van der Waals surface area contributed by atoms with Gasteiger partial charge in [0.25, 0.3) is 0 Å². The monoisotopic (exact) mass is 384 g/mol. The summed E-state index contributed by atoms with van der Waals surface area (Å²) in [7, 11) is 0. The number of aliphatic hydroxyl groups is 1. The van der Waals surface area contributed by atoms with E-state index in [1.807, 2.05) is 6.07 Å². The van der Waals surface area contributed by atoms with Gasteiger partial charge in [0, 0.05) is 23.7 Å². The lowest BCUT2D eigenvalue weighted by Gasteiger charge is -2.34. The number of carbonyl (C=O) groups excluding carboxylic acids is 2. The van der Waals surface area contributed by atoms with Crippen LogP contribution in [-0.4, -0.2) is 43.3 Å². The van der Waals surface area contributed by atoms with Crippen LogP contribution in [0.3, 0.4) is 0 Å². The minimum absolute atomic E-state index is 0.0965. The van der Waals surface area contributed by atoms with E-state index in [1.54, 1.807) is 36.4 Å². The van der Waals surface area contributed by atoms with E-state index in [4.69, 9.17) is 14.2 Å². The average Bonchev–Trinajstić information content (AvgIpc) is 2.72. The quantitative estimate of drug-likeness (QED) is 0.687. The molecule has 2 aliphatic heterocycles. The van der Waals surface area contributed by atoms with Gasteiger partial charge >= 0.3 is 11.8 Å². The summed E-state index contributed by atoms with van der Waals surface area (Å²) in [5, 5.41) is 15.9. The molecule has 0 spiro atoms. The Kier molecular flexibility index (Phi) is 4.79. The highest BCUT2D eigenvalue weighted by molar-refractivity contribution is 6.39. The third-order valence-electron chi connectivity index (χ3n) is 4.71. The van der Waals surface area contributed by atoms with Crippen molar-refractivity contribution in [2.24, 2.45) is 0 Å². The largest absolute Gasteiger partial charge is 0.493 e. The second kappa shape index (κ2) is 7.40. The molecule has 0 saturated heterocycles. The molecule has 8 heteroatoms. The van der Waals surface area contributed by atoms with Crippen LogP contribution in [0.1, 0.15) is 12.0 Å². The lowest BCUT2D eigenvalue weighted by atomic mass is 9.88. The number of para-hydroxylation sites is 1. The van der Waals surface area contributed by atoms with Gasteiger partial charge in [-0.05, 0) is 18.2 Å². The lowest BCUT2D eigenvalue weighted by Crippen LogP contribution is -2.46. The first-order chi connectivity index (χ1) is 13.5. The minimum atomic E-state index is -1.29. The second-order valence-electron chi connectivity index (χ2n) is 6.62. The van der Waals surface area contributed by atoms with Gasteiger partial charge in [0.05, 0.1) is 13.2 Å². The van der Waals surface area contributed by atoms with E-state index in [1.165, 1.54) is 0 Å². The van der Waals surface area contributed by atoms with Crippen molar-refractivity contribution in [1.29, 1.82) is 0 Å². The fourth-order valence-electron chi connectivity index (χ4n) is 3.24. The van der Waals surface area contributed by atoms with Gasteiger partial charge in [-0.15, -0.1) is 0 Å². The van der Waals surface area contributed by atoms with Crippen LogP contribution in [0.4, 0.5) is 5.69 Å². The Labute approximate surface area is 161 Å². The normalized spacial score (nSPS) is 19.8. The number of hydrogen-bond donors (Lipinski definition) is 3. The Bertz CT molecular complexity index is 915. The summed E-state index contributed by atoms with van der Waals surface area (Å²) in [5.41, 5.74) is -0.282. The van der Waals surface area contributed by atoms with Crippen LogP contribution in [-0.2, 0) is 15.2 Å². The molecule has 0 radical (unpaired) electrons. The molecule has 2 aromatic carbocycles. The summed E-state index contributed by atoms with van der Waals surface area (Å²) in [6.07, 6.45) is 0.314. The zero-order chi connectivity index (χ0) is 19.6. The van der Waals surface area contributed by atoms with Gasteiger partial charge in [-0.3, -0.25) is 9.59 Å². The predicted molar refractivity (Wildman–Crippen MR) is 99.5 cm³/mol.